The molecule has 1 amide bonds. The van der Waals surface area contributed by atoms with E-state index in [0.717, 1.165) is 12.1 Å². The van der Waals surface area contributed by atoms with E-state index < -0.39 is 37.1 Å². The highest BCUT2D eigenvalue weighted by atomic mass is 32.2. The number of nitrogens with two attached hydrogens (primary N) is 1. The Morgan fingerprint density at radius 2 is 1.95 bits per heavy atom. The minimum absolute atomic E-state index is 0.241. The molecule has 0 bridgehead atoms. The van der Waals surface area contributed by atoms with Crippen LogP contribution in [0.15, 0.2) is 17.0 Å². The zero-order valence-corrected chi connectivity index (χ0v) is 12.0. The van der Waals surface area contributed by atoms with Gasteiger partial charge in [0.25, 0.3) is 0 Å². The van der Waals surface area contributed by atoms with Crippen molar-refractivity contribution in [3.63, 3.8) is 0 Å². The molecule has 1 aromatic carbocycles. The number of hydrogen-bond acceptors (Lipinski definition) is 6. The number of nitriles is 1. The van der Waals surface area contributed by atoms with Crippen LogP contribution in [0.4, 0.5) is 4.79 Å². The van der Waals surface area contributed by atoms with Crippen LogP contribution >= 0.6 is 0 Å². The molecule has 8 heteroatoms. The SMILES string of the molecule is CC(C)(C)S(=O)(=O)c1c(C#N)ccc(OC(N)=O)c1O. The number of aromatic hydroxyl groups is 1. The van der Waals surface area contributed by atoms with Gasteiger partial charge in [-0.2, -0.15) is 5.26 Å². The van der Waals surface area contributed by atoms with Gasteiger partial charge < -0.3 is 15.6 Å². The molecule has 108 valence electrons. The molecule has 0 fully saturated rings. The molecule has 0 radical (unpaired) electrons. The number of ether oxygens (including phenoxy) is 1. The van der Waals surface area contributed by atoms with Crippen LogP contribution in [0.2, 0.25) is 0 Å². The molecule has 0 heterocycles. The highest BCUT2D eigenvalue weighted by Crippen LogP contribution is 2.39. The number of carbonyl (C=O) groups excluding carboxylic acids is 1. The van der Waals surface area contributed by atoms with E-state index in [2.05, 4.69) is 4.74 Å². The first kappa shape index (κ1) is 15.8. The smallest absolute Gasteiger partial charge is 0.410 e. The van der Waals surface area contributed by atoms with Gasteiger partial charge in [-0.25, -0.2) is 13.2 Å². The van der Waals surface area contributed by atoms with Crippen molar-refractivity contribution in [1.29, 1.82) is 5.26 Å². The molecular weight excluding hydrogens is 284 g/mol. The summed E-state index contributed by atoms with van der Waals surface area (Å²) in [7, 11) is -4.01. The largest absolute Gasteiger partial charge is 0.503 e. The Morgan fingerprint density at radius 1 is 1.40 bits per heavy atom. The second kappa shape index (κ2) is 5.02. The van der Waals surface area contributed by atoms with Gasteiger partial charge in [0.15, 0.2) is 21.3 Å². The van der Waals surface area contributed by atoms with Gasteiger partial charge in [-0.05, 0) is 32.9 Å². The zero-order chi connectivity index (χ0) is 15.7. The predicted octanol–water partition coefficient (Wildman–Crippen LogP) is 1.29. The van der Waals surface area contributed by atoms with E-state index in [1.807, 2.05) is 0 Å². The van der Waals surface area contributed by atoms with Crippen LogP contribution in [0.1, 0.15) is 26.3 Å². The molecule has 3 N–H and O–H groups in total. The molecule has 0 aliphatic carbocycles. The van der Waals surface area contributed by atoms with Crippen molar-refractivity contribution in [1.82, 2.24) is 0 Å². The van der Waals surface area contributed by atoms with Crippen molar-refractivity contribution in [3.8, 4) is 17.6 Å². The summed E-state index contributed by atoms with van der Waals surface area (Å²) in [6.07, 6.45) is -1.20. The fourth-order valence-electron chi connectivity index (χ4n) is 1.41. The number of phenolic OH excluding ortho intramolecular Hbond substituents is 1. The van der Waals surface area contributed by atoms with E-state index in [1.165, 1.54) is 20.8 Å². The third-order valence-corrected chi connectivity index (χ3v) is 5.06. The van der Waals surface area contributed by atoms with Gasteiger partial charge in [-0.15, -0.1) is 0 Å². The van der Waals surface area contributed by atoms with E-state index in [1.54, 1.807) is 6.07 Å². The highest BCUT2D eigenvalue weighted by molar-refractivity contribution is 7.93. The molecule has 0 saturated heterocycles. The lowest BCUT2D eigenvalue weighted by Gasteiger charge is -2.21. The molecule has 1 aromatic rings. The third-order valence-electron chi connectivity index (χ3n) is 2.50. The first-order chi connectivity index (χ1) is 9.02. The second-order valence-electron chi connectivity index (χ2n) is 4.94. The summed E-state index contributed by atoms with van der Waals surface area (Å²) < 4.78 is 28.1. The van der Waals surface area contributed by atoms with Gasteiger partial charge in [0.2, 0.25) is 0 Å². The van der Waals surface area contributed by atoms with Crippen LogP contribution in [-0.2, 0) is 9.84 Å². The van der Waals surface area contributed by atoms with E-state index in [9.17, 15) is 18.3 Å². The number of nitrogens with zero attached hydrogens (tertiary/aromatic N) is 1. The molecule has 0 aromatic heterocycles. The maximum Gasteiger partial charge on any atom is 0.410 e. The topological polar surface area (TPSA) is 130 Å². The van der Waals surface area contributed by atoms with Crippen molar-refractivity contribution >= 4 is 15.9 Å². The Morgan fingerprint density at radius 3 is 2.35 bits per heavy atom. The molecule has 0 aliphatic heterocycles. The van der Waals surface area contributed by atoms with Gasteiger partial charge in [0.1, 0.15) is 11.0 Å². The molecule has 1 rings (SSSR count). The Hall–Kier alpha value is -2.27. The lowest BCUT2D eigenvalue weighted by Crippen LogP contribution is -2.29. The minimum Gasteiger partial charge on any atom is -0.503 e. The van der Waals surface area contributed by atoms with Crippen LogP contribution in [0, 0.1) is 11.3 Å². The third kappa shape index (κ3) is 2.67. The Labute approximate surface area is 116 Å². The van der Waals surface area contributed by atoms with Crippen molar-refractivity contribution in [3.05, 3.63) is 17.7 Å². The van der Waals surface area contributed by atoms with E-state index in [0.29, 0.717) is 0 Å². The molecule has 0 unspecified atom stereocenters. The first-order valence-corrected chi connectivity index (χ1v) is 6.98. The number of hydrogen-bond donors (Lipinski definition) is 2. The number of primary amides is 1. The molecule has 0 atom stereocenters. The van der Waals surface area contributed by atoms with Crippen LogP contribution < -0.4 is 10.5 Å². The maximum atomic E-state index is 12.4. The highest BCUT2D eigenvalue weighted by Gasteiger charge is 2.36. The summed E-state index contributed by atoms with van der Waals surface area (Å²) in [6.45, 7) is 4.26. The predicted molar refractivity (Wildman–Crippen MR) is 70.0 cm³/mol. The summed E-state index contributed by atoms with van der Waals surface area (Å²) in [5, 5.41) is 19.0. The molecular formula is C12H14N2O5S. The summed E-state index contributed by atoms with van der Waals surface area (Å²) in [4.78, 5) is 10.1. The zero-order valence-electron chi connectivity index (χ0n) is 11.2. The number of benzene rings is 1. The number of carbonyl (C=O) groups is 1. The van der Waals surface area contributed by atoms with E-state index in [4.69, 9.17) is 11.0 Å². The number of sulfone groups is 1. The monoisotopic (exact) mass is 298 g/mol. The molecule has 7 nitrogen and oxygen atoms in total. The Bertz CT molecular complexity index is 696. The van der Waals surface area contributed by atoms with Gasteiger partial charge in [0, 0.05) is 0 Å². The number of rotatable bonds is 2. The van der Waals surface area contributed by atoms with Gasteiger partial charge >= 0.3 is 6.09 Å². The number of phenols is 1. The van der Waals surface area contributed by atoms with E-state index >= 15 is 0 Å². The lowest BCUT2D eigenvalue weighted by molar-refractivity contribution is 0.208. The van der Waals surface area contributed by atoms with Crippen LogP contribution in [-0.4, -0.2) is 24.4 Å². The fraction of sp³-hybridized carbons (Fsp3) is 0.333. The van der Waals surface area contributed by atoms with Crippen LogP contribution in [0.25, 0.3) is 0 Å². The van der Waals surface area contributed by atoms with Crippen LogP contribution in [0.5, 0.6) is 11.5 Å². The maximum absolute atomic E-state index is 12.4. The van der Waals surface area contributed by atoms with Crippen molar-refractivity contribution < 1.29 is 23.1 Å². The summed E-state index contributed by atoms with van der Waals surface area (Å²) in [5.74, 6) is -1.22. The van der Waals surface area contributed by atoms with Gasteiger partial charge in [0.05, 0.1) is 10.3 Å². The first-order valence-electron chi connectivity index (χ1n) is 5.50. The average molecular weight is 298 g/mol. The molecule has 0 aliphatic rings. The Balaban J connectivity index is 3.69. The minimum atomic E-state index is -4.01. The van der Waals surface area contributed by atoms with Gasteiger partial charge in [-0.3, -0.25) is 0 Å². The second-order valence-corrected chi connectivity index (χ2v) is 7.58. The van der Waals surface area contributed by atoms with E-state index in [-0.39, 0.29) is 5.56 Å². The quantitative estimate of drug-likeness (QED) is 0.846. The van der Waals surface area contributed by atoms with Crippen LogP contribution in [0.3, 0.4) is 0 Å². The van der Waals surface area contributed by atoms with Crippen molar-refractivity contribution in [2.45, 2.75) is 30.4 Å². The van der Waals surface area contributed by atoms with Crippen molar-refractivity contribution in [2.75, 3.05) is 0 Å². The fourth-order valence-corrected chi connectivity index (χ4v) is 2.78. The molecule has 20 heavy (non-hydrogen) atoms. The lowest BCUT2D eigenvalue weighted by atomic mass is 10.2. The summed E-state index contributed by atoms with van der Waals surface area (Å²) in [6, 6.07) is 3.92. The Kier molecular flexibility index (Phi) is 3.96. The normalized spacial score (nSPS) is 11.7. The average Bonchev–Trinajstić information content (AvgIpc) is 2.29. The summed E-state index contributed by atoms with van der Waals surface area (Å²) >= 11 is 0. The van der Waals surface area contributed by atoms with Crippen molar-refractivity contribution in [2.24, 2.45) is 5.73 Å². The number of amides is 1. The summed E-state index contributed by atoms with van der Waals surface area (Å²) in [5.41, 5.74) is 4.58. The molecule has 0 spiro atoms. The van der Waals surface area contributed by atoms with Gasteiger partial charge in [-0.1, -0.05) is 0 Å². The molecule has 0 saturated carbocycles. The standard InChI is InChI=1S/C12H14N2O5S/c1-12(2,3)20(17,18)10-7(6-13)4-5-8(9(10)15)19-11(14)16/h4-5,15H,1-3H3,(H2,14,16).